The van der Waals surface area contributed by atoms with Crippen molar-refractivity contribution in [1.82, 2.24) is 10.2 Å². The number of aliphatic hydroxyl groups excluding tert-OH is 1. The van der Waals surface area contributed by atoms with Crippen LogP contribution >= 0.6 is 0 Å². The first-order valence-electron chi connectivity index (χ1n) is 12.2. The van der Waals surface area contributed by atoms with E-state index < -0.39 is 6.10 Å². The van der Waals surface area contributed by atoms with Crippen molar-refractivity contribution in [2.75, 3.05) is 33.4 Å². The lowest BCUT2D eigenvalue weighted by molar-refractivity contribution is -0.316. The summed E-state index contributed by atoms with van der Waals surface area (Å²) in [6.45, 7) is 8.31. The minimum Gasteiger partial charge on any atom is -0.393 e. The molecule has 2 aliphatic carbocycles. The van der Waals surface area contributed by atoms with E-state index in [2.05, 4.69) is 19.2 Å². The number of carbonyl (C=O) groups excluding carboxylic acids is 2. The van der Waals surface area contributed by atoms with E-state index in [1.165, 1.54) is 6.92 Å². The highest BCUT2D eigenvalue weighted by molar-refractivity contribution is 5.77. The number of rotatable bonds is 5. The SMILES string of the molecule is COC[C@@H]1OC[C@@]2(C)[C@H]3CC[C@@H](O)[C@@H](CC(=O)N4CC[C@H](NC(C)=O)C4)[C@]3(C)CC[C@H]2O1. The lowest BCUT2D eigenvalue weighted by Crippen LogP contribution is -2.63. The monoisotopic (exact) mass is 452 g/mol. The van der Waals surface area contributed by atoms with Gasteiger partial charge in [-0.3, -0.25) is 9.59 Å². The Morgan fingerprint density at radius 3 is 2.69 bits per heavy atom. The van der Waals surface area contributed by atoms with Gasteiger partial charge in [0.15, 0.2) is 6.29 Å². The molecule has 0 bridgehead atoms. The molecule has 0 aromatic heterocycles. The van der Waals surface area contributed by atoms with Crippen molar-refractivity contribution in [2.45, 2.75) is 83.8 Å². The van der Waals surface area contributed by atoms with Crippen LogP contribution in [0, 0.1) is 22.7 Å². The third kappa shape index (κ3) is 4.31. The van der Waals surface area contributed by atoms with Crippen molar-refractivity contribution in [3.63, 3.8) is 0 Å². The molecular formula is C24H40N2O6. The molecule has 32 heavy (non-hydrogen) atoms. The summed E-state index contributed by atoms with van der Waals surface area (Å²) in [6, 6.07) is 0.0296. The largest absolute Gasteiger partial charge is 0.393 e. The van der Waals surface area contributed by atoms with Crippen molar-refractivity contribution in [2.24, 2.45) is 22.7 Å². The molecule has 0 aromatic rings. The number of hydrogen-bond donors (Lipinski definition) is 2. The molecule has 2 saturated heterocycles. The third-order valence-electron chi connectivity index (χ3n) is 8.88. The molecule has 0 unspecified atom stereocenters. The van der Waals surface area contributed by atoms with Crippen LogP contribution in [0.15, 0.2) is 0 Å². The summed E-state index contributed by atoms with van der Waals surface area (Å²) in [5.41, 5.74) is -0.279. The Bertz CT molecular complexity index is 719. The van der Waals surface area contributed by atoms with Crippen LogP contribution < -0.4 is 5.32 Å². The van der Waals surface area contributed by atoms with Crippen LogP contribution in [-0.2, 0) is 23.8 Å². The van der Waals surface area contributed by atoms with Crippen LogP contribution in [0.5, 0.6) is 0 Å². The fourth-order valence-corrected chi connectivity index (χ4v) is 7.22. The van der Waals surface area contributed by atoms with Crippen LogP contribution in [0.4, 0.5) is 0 Å². The summed E-state index contributed by atoms with van der Waals surface area (Å²) in [4.78, 5) is 26.4. The highest BCUT2D eigenvalue weighted by atomic mass is 16.7. The van der Waals surface area contributed by atoms with E-state index >= 15 is 0 Å². The van der Waals surface area contributed by atoms with Crippen LogP contribution in [-0.4, -0.2) is 79.8 Å². The van der Waals surface area contributed by atoms with E-state index in [1.54, 1.807) is 7.11 Å². The number of ether oxygens (including phenoxy) is 3. The van der Waals surface area contributed by atoms with Crippen molar-refractivity contribution >= 4 is 11.8 Å². The highest BCUT2D eigenvalue weighted by Gasteiger charge is 2.61. The molecule has 8 heteroatoms. The minimum absolute atomic E-state index is 0.0296. The number of amides is 2. The van der Waals surface area contributed by atoms with Crippen LogP contribution in [0.3, 0.4) is 0 Å². The van der Waals surface area contributed by atoms with Gasteiger partial charge in [0.05, 0.1) is 25.4 Å². The summed E-state index contributed by atoms with van der Waals surface area (Å²) in [5, 5.41) is 13.9. The van der Waals surface area contributed by atoms with E-state index in [0.717, 1.165) is 25.7 Å². The number of hydrogen-bond acceptors (Lipinski definition) is 6. The number of fused-ring (bicyclic) bond motifs is 3. The Labute approximate surface area is 191 Å². The van der Waals surface area contributed by atoms with Gasteiger partial charge in [0.1, 0.15) is 0 Å². The summed E-state index contributed by atoms with van der Waals surface area (Å²) < 4.78 is 17.5. The highest BCUT2D eigenvalue weighted by Crippen LogP contribution is 2.62. The van der Waals surface area contributed by atoms with Gasteiger partial charge in [-0.1, -0.05) is 13.8 Å². The van der Waals surface area contributed by atoms with Gasteiger partial charge in [0.25, 0.3) is 0 Å². The van der Waals surface area contributed by atoms with Crippen molar-refractivity contribution in [3.05, 3.63) is 0 Å². The zero-order valence-corrected chi connectivity index (χ0v) is 20.0. The van der Waals surface area contributed by atoms with Crippen molar-refractivity contribution in [1.29, 1.82) is 0 Å². The second-order valence-corrected chi connectivity index (χ2v) is 10.9. The minimum atomic E-state index is -0.472. The summed E-state index contributed by atoms with van der Waals surface area (Å²) >= 11 is 0. The molecule has 0 radical (unpaired) electrons. The maximum atomic E-state index is 13.2. The normalized spacial score (nSPS) is 44.0. The second-order valence-electron chi connectivity index (χ2n) is 10.9. The lowest BCUT2D eigenvalue weighted by Gasteiger charge is -2.63. The predicted molar refractivity (Wildman–Crippen MR) is 118 cm³/mol. The molecule has 0 spiro atoms. The predicted octanol–water partition coefficient (Wildman–Crippen LogP) is 1.69. The first kappa shape index (κ1) is 23.9. The molecule has 4 fully saturated rings. The molecule has 2 aliphatic heterocycles. The average molecular weight is 453 g/mol. The molecule has 2 amide bonds. The Morgan fingerprint density at radius 2 is 1.97 bits per heavy atom. The van der Waals surface area contributed by atoms with Crippen molar-refractivity contribution < 1.29 is 28.9 Å². The maximum Gasteiger partial charge on any atom is 0.223 e. The first-order valence-corrected chi connectivity index (χ1v) is 12.2. The number of nitrogens with zero attached hydrogens (tertiary/aromatic N) is 1. The smallest absolute Gasteiger partial charge is 0.223 e. The lowest BCUT2D eigenvalue weighted by atomic mass is 9.46. The second kappa shape index (κ2) is 9.20. The molecule has 2 N–H and O–H groups in total. The number of carbonyl (C=O) groups is 2. The average Bonchev–Trinajstić information content (AvgIpc) is 3.19. The molecule has 8 nitrogen and oxygen atoms in total. The van der Waals surface area contributed by atoms with Gasteiger partial charge in [-0.15, -0.1) is 0 Å². The van der Waals surface area contributed by atoms with Gasteiger partial charge in [-0.25, -0.2) is 0 Å². The zero-order valence-electron chi connectivity index (χ0n) is 20.0. The zero-order chi connectivity index (χ0) is 23.1. The van der Waals surface area contributed by atoms with Gasteiger partial charge in [-0.2, -0.15) is 0 Å². The van der Waals surface area contributed by atoms with Crippen LogP contribution in [0.2, 0.25) is 0 Å². The Hall–Kier alpha value is -1.22. The fourth-order valence-electron chi connectivity index (χ4n) is 7.22. The van der Waals surface area contributed by atoms with E-state index in [0.29, 0.717) is 45.1 Å². The van der Waals surface area contributed by atoms with E-state index in [-0.39, 0.29) is 47.0 Å². The molecular weight excluding hydrogens is 412 g/mol. The van der Waals surface area contributed by atoms with E-state index in [4.69, 9.17) is 14.2 Å². The van der Waals surface area contributed by atoms with Gasteiger partial charge >= 0.3 is 0 Å². The van der Waals surface area contributed by atoms with E-state index in [1.807, 2.05) is 4.90 Å². The molecule has 182 valence electrons. The molecule has 4 rings (SSSR count). The van der Waals surface area contributed by atoms with Crippen molar-refractivity contribution in [3.8, 4) is 0 Å². The summed E-state index contributed by atoms with van der Waals surface area (Å²) in [7, 11) is 1.65. The van der Waals surface area contributed by atoms with Gasteiger partial charge in [0, 0.05) is 45.0 Å². The van der Waals surface area contributed by atoms with Gasteiger partial charge in [0.2, 0.25) is 11.8 Å². The maximum absolute atomic E-state index is 13.2. The fraction of sp³-hybridized carbons (Fsp3) is 0.917. The summed E-state index contributed by atoms with van der Waals surface area (Å²) in [6.07, 6.45) is 3.92. The van der Waals surface area contributed by atoms with Gasteiger partial charge < -0.3 is 29.5 Å². The number of nitrogens with one attached hydrogen (secondary N) is 1. The molecule has 4 aliphatic rings. The summed E-state index contributed by atoms with van der Waals surface area (Å²) in [5.74, 6) is 0.275. The molecule has 0 aromatic carbocycles. The number of aliphatic hydroxyl groups is 1. The van der Waals surface area contributed by atoms with Gasteiger partial charge in [-0.05, 0) is 49.4 Å². The number of methoxy groups -OCH3 is 1. The standard InChI is InChI=1S/C24H40N2O6/c1-15(27)25-16-8-10-26(12-16)21(29)11-17-18(28)5-6-19-23(17,2)9-7-20-24(19,3)14-31-22(32-20)13-30-4/h16-20,22,28H,5-14H2,1-4H3,(H,25,27)/t16-,17+,18+,19-,20+,22+,23-,24-/m0/s1. The first-order chi connectivity index (χ1) is 15.2. The number of likely N-dealkylation sites (tertiary alicyclic amines) is 1. The Balaban J connectivity index is 1.46. The third-order valence-corrected chi connectivity index (χ3v) is 8.88. The Kier molecular flexibility index (Phi) is 6.88. The Morgan fingerprint density at radius 1 is 1.19 bits per heavy atom. The van der Waals surface area contributed by atoms with Crippen LogP contribution in [0.25, 0.3) is 0 Å². The molecule has 8 atom stereocenters. The topological polar surface area (TPSA) is 97.3 Å². The van der Waals surface area contributed by atoms with Crippen LogP contribution in [0.1, 0.15) is 59.3 Å². The molecule has 2 heterocycles. The van der Waals surface area contributed by atoms with E-state index in [9.17, 15) is 14.7 Å². The quantitative estimate of drug-likeness (QED) is 0.659. The molecule has 2 saturated carbocycles.